The van der Waals surface area contributed by atoms with Gasteiger partial charge in [-0.3, -0.25) is 0 Å². The highest BCUT2D eigenvalue weighted by Crippen LogP contribution is 2.35. The van der Waals surface area contributed by atoms with Crippen molar-refractivity contribution in [3.63, 3.8) is 0 Å². The number of thioether (sulfide) groups is 1. The topological polar surface area (TPSA) is 28.2 Å². The summed E-state index contributed by atoms with van der Waals surface area (Å²) >= 11 is 1.83. The van der Waals surface area contributed by atoms with Gasteiger partial charge in [0.15, 0.2) is 0 Å². The number of rotatable bonds is 2. The second-order valence-electron chi connectivity index (χ2n) is 5.38. The molecule has 1 saturated heterocycles. The van der Waals surface area contributed by atoms with Gasteiger partial charge in [-0.15, -0.1) is 0 Å². The molecule has 1 aromatic rings. The summed E-state index contributed by atoms with van der Waals surface area (Å²) in [4.78, 5) is 6.18. The molecule has 1 aromatic heterocycles. The molecule has 3 nitrogen and oxygen atoms in total. The summed E-state index contributed by atoms with van der Waals surface area (Å²) in [6.45, 7) is 5.59. The van der Waals surface area contributed by atoms with Crippen molar-refractivity contribution < 1.29 is 13.2 Å². The van der Waals surface area contributed by atoms with Crippen LogP contribution in [-0.2, 0) is 6.18 Å². The van der Waals surface area contributed by atoms with Crippen molar-refractivity contribution in [1.29, 1.82) is 0 Å². The lowest BCUT2D eigenvalue weighted by atomic mass is 10.1. The molecule has 112 valence electrons. The molecule has 1 fully saturated rings. The molecular weight excluding hydrogens is 287 g/mol. The van der Waals surface area contributed by atoms with Crippen molar-refractivity contribution in [3.8, 4) is 0 Å². The highest BCUT2D eigenvalue weighted by molar-refractivity contribution is 8.00. The monoisotopic (exact) mass is 305 g/mol. The Morgan fingerprint density at radius 2 is 2.05 bits per heavy atom. The lowest BCUT2D eigenvalue weighted by Gasteiger charge is -2.38. The lowest BCUT2D eigenvalue weighted by molar-refractivity contribution is -0.137. The van der Waals surface area contributed by atoms with Crippen LogP contribution in [0.3, 0.4) is 0 Å². The number of halogens is 3. The second kappa shape index (κ2) is 5.35. The van der Waals surface area contributed by atoms with E-state index in [0.717, 1.165) is 17.9 Å². The number of pyridine rings is 1. The number of anilines is 2. The summed E-state index contributed by atoms with van der Waals surface area (Å²) in [6, 6.07) is 2.17. The molecule has 20 heavy (non-hydrogen) atoms. The zero-order valence-electron chi connectivity index (χ0n) is 11.7. The molecule has 0 radical (unpaired) electrons. The van der Waals surface area contributed by atoms with E-state index in [-0.39, 0.29) is 10.6 Å². The normalized spacial score (nSPS) is 19.0. The van der Waals surface area contributed by atoms with Crippen LogP contribution in [0.25, 0.3) is 0 Å². The fraction of sp³-hybridized carbons (Fsp3) is 0.615. The van der Waals surface area contributed by atoms with Crippen molar-refractivity contribution in [2.45, 2.75) is 24.8 Å². The minimum atomic E-state index is -4.36. The first-order chi connectivity index (χ1) is 9.21. The number of nitrogens with one attached hydrogen (secondary N) is 1. The Bertz CT molecular complexity index is 488. The smallest absolute Gasteiger partial charge is 0.373 e. The van der Waals surface area contributed by atoms with E-state index < -0.39 is 11.7 Å². The fourth-order valence-electron chi connectivity index (χ4n) is 2.18. The summed E-state index contributed by atoms with van der Waals surface area (Å²) < 4.78 is 38.8. The van der Waals surface area contributed by atoms with Gasteiger partial charge in [0.2, 0.25) is 0 Å². The van der Waals surface area contributed by atoms with Crippen molar-refractivity contribution >= 4 is 23.4 Å². The molecule has 0 aromatic carbocycles. The molecule has 0 amide bonds. The first kappa shape index (κ1) is 15.3. The Balaban J connectivity index is 2.36. The molecule has 7 heteroatoms. The average Bonchev–Trinajstić information content (AvgIpc) is 2.36. The molecule has 1 aliphatic rings. The zero-order valence-corrected chi connectivity index (χ0v) is 12.5. The lowest BCUT2D eigenvalue weighted by Crippen LogP contribution is -2.43. The SMILES string of the molecule is CNc1cc(C(F)(F)F)cc(N2CCSC(C)(C)C2)n1. The van der Waals surface area contributed by atoms with Crippen molar-refractivity contribution in [3.05, 3.63) is 17.7 Å². The van der Waals surface area contributed by atoms with E-state index in [1.54, 1.807) is 7.05 Å². The van der Waals surface area contributed by atoms with E-state index >= 15 is 0 Å². The molecule has 0 saturated carbocycles. The summed E-state index contributed by atoms with van der Waals surface area (Å²) in [5, 5.41) is 2.70. The molecule has 2 rings (SSSR count). The third-order valence-corrected chi connectivity index (χ3v) is 4.44. The van der Waals surface area contributed by atoms with Gasteiger partial charge in [0.1, 0.15) is 11.6 Å². The van der Waals surface area contributed by atoms with E-state index in [0.29, 0.717) is 18.9 Å². The maximum absolute atomic E-state index is 12.9. The van der Waals surface area contributed by atoms with Crippen LogP contribution in [0.2, 0.25) is 0 Å². The highest BCUT2D eigenvalue weighted by atomic mass is 32.2. The molecule has 1 aliphatic heterocycles. The molecule has 2 heterocycles. The molecular formula is C13H18F3N3S. The van der Waals surface area contributed by atoms with Gasteiger partial charge < -0.3 is 10.2 Å². The van der Waals surface area contributed by atoms with Gasteiger partial charge in [-0.25, -0.2) is 4.98 Å². The minimum absolute atomic E-state index is 0.0218. The molecule has 0 atom stereocenters. The van der Waals surface area contributed by atoms with Gasteiger partial charge in [0.25, 0.3) is 0 Å². The number of hydrogen-bond acceptors (Lipinski definition) is 4. The van der Waals surface area contributed by atoms with E-state index in [9.17, 15) is 13.2 Å². The van der Waals surface area contributed by atoms with Crippen molar-refractivity contribution in [2.24, 2.45) is 0 Å². The molecule has 0 spiro atoms. The Kier molecular flexibility index (Phi) is 4.09. The van der Waals surface area contributed by atoms with E-state index in [4.69, 9.17) is 0 Å². The third-order valence-electron chi connectivity index (χ3n) is 3.14. The maximum Gasteiger partial charge on any atom is 0.416 e. The highest BCUT2D eigenvalue weighted by Gasteiger charge is 2.33. The van der Waals surface area contributed by atoms with Crippen LogP contribution in [0.1, 0.15) is 19.4 Å². The van der Waals surface area contributed by atoms with Gasteiger partial charge >= 0.3 is 6.18 Å². The van der Waals surface area contributed by atoms with Gasteiger partial charge in [-0.1, -0.05) is 0 Å². The Hall–Kier alpha value is -1.11. The average molecular weight is 305 g/mol. The number of alkyl halides is 3. The maximum atomic E-state index is 12.9. The fourth-order valence-corrected chi connectivity index (χ4v) is 3.29. The Morgan fingerprint density at radius 1 is 1.35 bits per heavy atom. The number of nitrogens with zero attached hydrogens (tertiary/aromatic N) is 2. The van der Waals surface area contributed by atoms with E-state index in [1.807, 2.05) is 16.7 Å². The van der Waals surface area contributed by atoms with Gasteiger partial charge in [0.05, 0.1) is 5.56 Å². The van der Waals surface area contributed by atoms with Crippen LogP contribution in [0.15, 0.2) is 12.1 Å². The summed E-state index contributed by atoms with van der Waals surface area (Å²) in [5.41, 5.74) is -0.664. The van der Waals surface area contributed by atoms with Crippen molar-refractivity contribution in [2.75, 3.05) is 36.1 Å². The third kappa shape index (κ3) is 3.50. The summed E-state index contributed by atoms with van der Waals surface area (Å²) in [5.74, 6) is 1.52. The van der Waals surface area contributed by atoms with Crippen LogP contribution in [-0.4, -0.2) is 35.6 Å². The number of aromatic nitrogens is 1. The Labute approximate surface area is 120 Å². The van der Waals surface area contributed by atoms with Crippen LogP contribution in [0.5, 0.6) is 0 Å². The van der Waals surface area contributed by atoms with Gasteiger partial charge in [-0.2, -0.15) is 24.9 Å². The first-order valence-electron chi connectivity index (χ1n) is 6.37. The molecule has 0 aliphatic carbocycles. The van der Waals surface area contributed by atoms with Gasteiger partial charge in [-0.05, 0) is 26.0 Å². The predicted molar refractivity (Wildman–Crippen MR) is 77.5 cm³/mol. The quantitative estimate of drug-likeness (QED) is 0.905. The second-order valence-corrected chi connectivity index (χ2v) is 7.18. The van der Waals surface area contributed by atoms with Crippen LogP contribution in [0.4, 0.5) is 24.8 Å². The minimum Gasteiger partial charge on any atom is -0.373 e. The molecule has 0 unspecified atom stereocenters. The zero-order chi connectivity index (χ0) is 15.0. The van der Waals surface area contributed by atoms with E-state index in [2.05, 4.69) is 24.1 Å². The molecule has 0 bridgehead atoms. The van der Waals surface area contributed by atoms with Gasteiger partial charge in [0, 0.05) is 30.6 Å². The summed E-state index contributed by atoms with van der Waals surface area (Å²) in [6.07, 6.45) is -4.36. The summed E-state index contributed by atoms with van der Waals surface area (Å²) in [7, 11) is 1.57. The van der Waals surface area contributed by atoms with Crippen LogP contribution in [0, 0.1) is 0 Å². The van der Waals surface area contributed by atoms with Crippen molar-refractivity contribution in [1.82, 2.24) is 4.98 Å². The van der Waals surface area contributed by atoms with E-state index in [1.165, 1.54) is 0 Å². The van der Waals surface area contributed by atoms with Crippen LogP contribution < -0.4 is 10.2 Å². The van der Waals surface area contributed by atoms with Crippen LogP contribution >= 0.6 is 11.8 Å². The number of hydrogen-bond donors (Lipinski definition) is 1. The standard InChI is InChI=1S/C13H18F3N3S/c1-12(2)8-19(4-5-20-12)11-7-9(13(14,15)16)6-10(17-3)18-11/h6-7H,4-5,8H2,1-3H3,(H,17,18). The molecule has 1 N–H and O–H groups in total. The Morgan fingerprint density at radius 3 is 2.60 bits per heavy atom. The first-order valence-corrected chi connectivity index (χ1v) is 7.36. The largest absolute Gasteiger partial charge is 0.416 e. The predicted octanol–water partition coefficient (Wildman–Crippen LogP) is 3.47.